The number of carbonyl (C=O) groups is 4. The van der Waals surface area contributed by atoms with Crippen LogP contribution in [0.4, 0.5) is 8.78 Å². The SMILES string of the molecule is BCc1cc(CB)c(CB)c(C(=O)OC23CC4(OC(=O)c5cc(CB)cc(CB)c5CB)CC(OC(=O)c5c(CB)ccc(CB)c5CB)(C2)CC(C(=O)OCC(F)(F)S(=O)(=O)O)(C3)C4)c1. The van der Waals surface area contributed by atoms with E-state index in [-0.39, 0.29) is 38.5 Å². The predicted octanol–water partition coefficient (Wildman–Crippen LogP) is -2.64. The van der Waals surface area contributed by atoms with Gasteiger partial charge in [0.2, 0.25) is 0 Å². The minimum absolute atomic E-state index is 0.121. The molecule has 2 unspecified atom stereocenters. The van der Waals surface area contributed by atoms with Gasteiger partial charge in [-0.1, -0.05) is 109 Å². The first-order valence-electron chi connectivity index (χ1n) is 23.7. The maximum atomic E-state index is 15.0. The van der Waals surface area contributed by atoms with E-state index in [1.54, 1.807) is 12.1 Å². The normalized spacial score (nSPS) is 23.3. The fourth-order valence-electron chi connectivity index (χ4n) is 11.9. The second kappa shape index (κ2) is 19.5. The van der Waals surface area contributed by atoms with Crippen LogP contribution in [-0.2, 0) is 90.7 Å². The van der Waals surface area contributed by atoms with E-state index in [0.29, 0.717) is 73.6 Å². The first-order chi connectivity index (χ1) is 31.1. The number of halogens is 2. The molecule has 7 rings (SSSR count). The highest BCUT2D eigenvalue weighted by atomic mass is 32.2. The molecule has 66 heavy (non-hydrogen) atoms. The number of hydrogen-bond acceptors (Lipinski definition) is 10. The Balaban J connectivity index is 1.57. The quantitative estimate of drug-likeness (QED) is 0.0581. The maximum absolute atomic E-state index is 15.0. The van der Waals surface area contributed by atoms with Gasteiger partial charge in [-0.2, -0.15) is 17.2 Å². The molecular weight excluding hydrogens is 860 g/mol. The van der Waals surface area contributed by atoms with E-state index in [9.17, 15) is 40.9 Å². The summed E-state index contributed by atoms with van der Waals surface area (Å²) in [5.74, 6) is -3.42. The Morgan fingerprint density at radius 1 is 0.545 bits per heavy atom. The van der Waals surface area contributed by atoms with Crippen molar-refractivity contribution in [1.29, 1.82) is 0 Å². The first-order valence-corrected chi connectivity index (χ1v) is 25.2. The monoisotopic (exact) mass is 918 g/mol. The van der Waals surface area contributed by atoms with E-state index in [4.69, 9.17) is 18.9 Å². The lowest BCUT2D eigenvalue weighted by atomic mass is 9.44. The molecule has 3 aromatic carbocycles. The van der Waals surface area contributed by atoms with Gasteiger partial charge in [-0.3, -0.25) is 9.35 Å². The summed E-state index contributed by atoms with van der Waals surface area (Å²) in [6.07, 6.45) is 3.90. The number of rotatable bonds is 19. The van der Waals surface area contributed by atoms with Gasteiger partial charge in [0.1, 0.15) is 87.4 Å². The molecule has 0 aliphatic heterocycles. The molecule has 0 radical (unpaired) electrons. The summed E-state index contributed by atoms with van der Waals surface area (Å²) < 4.78 is 87.8. The van der Waals surface area contributed by atoms with Crippen molar-refractivity contribution in [2.24, 2.45) is 5.41 Å². The third kappa shape index (κ3) is 9.63. The molecular formula is C43H57B9F2O11S. The highest BCUT2D eigenvalue weighted by molar-refractivity contribution is 7.86. The van der Waals surface area contributed by atoms with Crippen molar-refractivity contribution in [3.63, 3.8) is 0 Å². The molecule has 0 heterocycles. The molecule has 0 amide bonds. The van der Waals surface area contributed by atoms with E-state index in [0.717, 1.165) is 50.1 Å². The van der Waals surface area contributed by atoms with Crippen molar-refractivity contribution in [2.75, 3.05) is 6.61 Å². The zero-order chi connectivity index (χ0) is 48.6. The number of carbonyl (C=O) groups excluding carboxylic acids is 4. The van der Waals surface area contributed by atoms with Crippen LogP contribution in [-0.4, -0.2) is 136 Å². The summed E-state index contributed by atoms with van der Waals surface area (Å²) in [6, 6.07) is 11.6. The van der Waals surface area contributed by atoms with Gasteiger partial charge in [0.15, 0.2) is 6.61 Å². The topological polar surface area (TPSA) is 160 Å². The van der Waals surface area contributed by atoms with Gasteiger partial charge < -0.3 is 18.9 Å². The second-order valence-electron chi connectivity index (χ2n) is 18.7. The minimum Gasteiger partial charge on any atom is -0.458 e. The zero-order valence-corrected chi connectivity index (χ0v) is 40.8. The van der Waals surface area contributed by atoms with Gasteiger partial charge in [-0.05, 0) is 34.4 Å². The standard InChI is InChI=1S/C43H57B9F2O11S/c44-7-23-3-27(11-48)31(13-50)29(5-23)35(55)63-40-16-39(38(58)62-22-43(53,54)66(59,60)61)17-41(19-40,64-36(56)30-6-24(8-45)4-28(12-49)32(30)14-51)21-42(18-39,20-40)65-37(57)34-26(10-47)2-1-25(9-46)33(34)15-52/h1-6H,7-22,44-52H2,(H,59,60,61). The van der Waals surface area contributed by atoms with Gasteiger partial charge >= 0.3 is 39.2 Å². The molecule has 4 fully saturated rings. The minimum atomic E-state index is -6.00. The Kier molecular flexibility index (Phi) is 15.1. The van der Waals surface area contributed by atoms with Crippen LogP contribution in [0.2, 0.25) is 0 Å². The molecule has 0 saturated heterocycles. The van der Waals surface area contributed by atoms with Crippen molar-refractivity contribution in [1.82, 2.24) is 0 Å². The molecule has 4 bridgehead atoms. The second-order valence-corrected chi connectivity index (χ2v) is 20.3. The van der Waals surface area contributed by atoms with Gasteiger partial charge in [0.25, 0.3) is 0 Å². The fraction of sp³-hybridized carbons (Fsp3) is 0.488. The lowest BCUT2D eigenvalue weighted by molar-refractivity contribution is -0.278. The van der Waals surface area contributed by atoms with Crippen LogP contribution < -0.4 is 0 Å². The highest BCUT2D eigenvalue weighted by Gasteiger charge is 2.75. The van der Waals surface area contributed by atoms with Gasteiger partial charge in [0.05, 0.1) is 22.1 Å². The van der Waals surface area contributed by atoms with Crippen LogP contribution in [0.5, 0.6) is 0 Å². The number of hydrogen-bond donors (Lipinski definition) is 1. The summed E-state index contributed by atoms with van der Waals surface area (Å²) in [7, 11) is 11.6. The summed E-state index contributed by atoms with van der Waals surface area (Å²) in [5.41, 5.74) is 1.73. The van der Waals surface area contributed by atoms with Gasteiger partial charge in [-0.15, -0.1) is 0 Å². The van der Waals surface area contributed by atoms with Gasteiger partial charge in [-0.25, -0.2) is 14.4 Å². The summed E-state index contributed by atoms with van der Waals surface area (Å²) in [6.45, 7) is -2.02. The molecule has 1 N–H and O–H groups in total. The predicted molar refractivity (Wildman–Crippen MR) is 272 cm³/mol. The largest absolute Gasteiger partial charge is 0.458 e. The molecule has 11 nitrogen and oxygen atoms in total. The Labute approximate surface area is 395 Å². The average molecular weight is 917 g/mol. The molecule has 0 spiro atoms. The van der Waals surface area contributed by atoms with E-state index in [1.807, 2.05) is 82.7 Å². The van der Waals surface area contributed by atoms with Crippen LogP contribution in [0, 0.1) is 5.41 Å². The van der Waals surface area contributed by atoms with E-state index >= 15 is 0 Å². The summed E-state index contributed by atoms with van der Waals surface area (Å²) in [4.78, 5) is 59.5. The maximum Gasteiger partial charge on any atom is 0.402 e. The number of alkyl halides is 2. The molecule has 4 aliphatic rings. The van der Waals surface area contributed by atoms with Crippen molar-refractivity contribution in [2.45, 2.75) is 117 Å². The fourth-order valence-corrected chi connectivity index (χ4v) is 12.1. The third-order valence-corrected chi connectivity index (χ3v) is 15.2. The van der Waals surface area contributed by atoms with Crippen molar-refractivity contribution in [3.05, 3.63) is 103 Å². The van der Waals surface area contributed by atoms with Crippen molar-refractivity contribution in [3.8, 4) is 0 Å². The Hall–Kier alpha value is -4.11. The van der Waals surface area contributed by atoms with Crippen molar-refractivity contribution >= 4 is 105 Å². The highest BCUT2D eigenvalue weighted by Crippen LogP contribution is 2.68. The zero-order valence-electron chi connectivity index (χ0n) is 40.0. The molecule has 3 aromatic rings. The van der Waals surface area contributed by atoms with Crippen LogP contribution in [0.1, 0.15) is 120 Å². The van der Waals surface area contributed by atoms with Crippen LogP contribution in [0.15, 0.2) is 36.4 Å². The van der Waals surface area contributed by atoms with Crippen LogP contribution in [0.3, 0.4) is 0 Å². The molecule has 2 atom stereocenters. The third-order valence-electron chi connectivity index (χ3n) is 14.4. The van der Waals surface area contributed by atoms with Crippen LogP contribution >= 0.6 is 0 Å². The molecule has 342 valence electrons. The lowest BCUT2D eigenvalue weighted by Gasteiger charge is -2.66. The average Bonchev–Trinajstić information content (AvgIpc) is 3.27. The van der Waals surface area contributed by atoms with E-state index in [2.05, 4.69) is 12.1 Å². The Morgan fingerprint density at radius 2 is 0.939 bits per heavy atom. The summed E-state index contributed by atoms with van der Waals surface area (Å²) in [5, 5.41) is -4.86. The number of ether oxygens (including phenoxy) is 4. The Bertz CT molecular complexity index is 2450. The van der Waals surface area contributed by atoms with Crippen LogP contribution in [0.25, 0.3) is 0 Å². The van der Waals surface area contributed by atoms with E-state index in [1.165, 1.54) is 0 Å². The van der Waals surface area contributed by atoms with Gasteiger partial charge in [0, 0.05) is 38.5 Å². The van der Waals surface area contributed by atoms with Crippen molar-refractivity contribution < 1.29 is 59.9 Å². The Morgan fingerprint density at radius 3 is 1.30 bits per heavy atom. The smallest absolute Gasteiger partial charge is 0.402 e. The van der Waals surface area contributed by atoms with E-state index < -0.39 is 68.1 Å². The number of benzene rings is 3. The molecule has 23 heteroatoms. The molecule has 4 saturated carbocycles. The number of esters is 4. The summed E-state index contributed by atoms with van der Waals surface area (Å²) >= 11 is 0. The lowest BCUT2D eigenvalue weighted by Crippen LogP contribution is -2.73. The first kappa shape index (κ1) is 51.3. The molecule has 4 aliphatic carbocycles. The molecule has 0 aromatic heterocycles.